The van der Waals surface area contributed by atoms with E-state index in [9.17, 15) is 4.79 Å². The number of aromatic amines is 1. The number of nitrogens with zero attached hydrogens (tertiary/aromatic N) is 4. The molecule has 146 valence electrons. The lowest BCUT2D eigenvalue weighted by Crippen LogP contribution is -2.40. The number of piperidine rings is 1. The molecule has 27 heavy (non-hydrogen) atoms. The van der Waals surface area contributed by atoms with E-state index in [1.807, 2.05) is 20.0 Å². The van der Waals surface area contributed by atoms with Crippen LogP contribution < -0.4 is 0 Å². The Labute approximate surface area is 161 Å². The summed E-state index contributed by atoms with van der Waals surface area (Å²) < 4.78 is 2.35. The second kappa shape index (κ2) is 7.87. The van der Waals surface area contributed by atoms with Gasteiger partial charge in [0.2, 0.25) is 5.91 Å². The van der Waals surface area contributed by atoms with Crippen LogP contribution in [0.5, 0.6) is 0 Å². The Kier molecular flexibility index (Phi) is 5.32. The maximum Gasteiger partial charge on any atom is 0.222 e. The molecule has 1 saturated carbocycles. The molecule has 2 aromatic rings. The quantitative estimate of drug-likeness (QED) is 0.849. The van der Waals surface area contributed by atoms with Gasteiger partial charge in [-0.1, -0.05) is 6.42 Å². The number of hydrogen-bond acceptors (Lipinski definition) is 3. The Morgan fingerprint density at radius 3 is 2.81 bits per heavy atom. The van der Waals surface area contributed by atoms with E-state index in [-0.39, 0.29) is 5.91 Å². The fraction of sp³-hybridized carbons (Fsp3) is 0.667. The summed E-state index contributed by atoms with van der Waals surface area (Å²) in [5.41, 5.74) is 3.28. The summed E-state index contributed by atoms with van der Waals surface area (Å²) in [5.74, 6) is 2.63. The third-order valence-electron chi connectivity index (χ3n) is 6.44. The molecular weight excluding hydrogens is 338 g/mol. The van der Waals surface area contributed by atoms with E-state index >= 15 is 0 Å². The molecule has 6 nitrogen and oxygen atoms in total. The van der Waals surface area contributed by atoms with Gasteiger partial charge in [0.25, 0.3) is 0 Å². The lowest BCUT2D eigenvalue weighted by molar-refractivity contribution is -0.132. The summed E-state index contributed by atoms with van der Waals surface area (Å²) in [4.78, 5) is 19.5. The first-order chi connectivity index (χ1) is 13.1. The van der Waals surface area contributed by atoms with Crippen molar-refractivity contribution in [2.24, 2.45) is 5.92 Å². The summed E-state index contributed by atoms with van der Waals surface area (Å²) in [7, 11) is 0. The molecule has 2 fully saturated rings. The highest BCUT2D eigenvalue weighted by Gasteiger charge is 2.28. The first-order valence-corrected chi connectivity index (χ1v) is 10.4. The fourth-order valence-electron chi connectivity index (χ4n) is 4.54. The fourth-order valence-corrected chi connectivity index (χ4v) is 4.54. The number of nitrogens with one attached hydrogen (secondary N) is 1. The van der Waals surface area contributed by atoms with Crippen molar-refractivity contribution in [3.8, 4) is 0 Å². The van der Waals surface area contributed by atoms with E-state index in [4.69, 9.17) is 0 Å². The Morgan fingerprint density at radius 2 is 2.11 bits per heavy atom. The number of hydrogen-bond donors (Lipinski definition) is 1. The molecule has 1 aliphatic heterocycles. The van der Waals surface area contributed by atoms with Gasteiger partial charge >= 0.3 is 0 Å². The van der Waals surface area contributed by atoms with Gasteiger partial charge in [0.1, 0.15) is 5.82 Å². The van der Waals surface area contributed by atoms with Gasteiger partial charge in [0.15, 0.2) is 0 Å². The molecule has 3 heterocycles. The smallest absolute Gasteiger partial charge is 0.222 e. The molecule has 0 bridgehead atoms. The van der Waals surface area contributed by atoms with Crippen LogP contribution in [0.1, 0.15) is 67.2 Å². The van der Waals surface area contributed by atoms with Crippen molar-refractivity contribution in [3.63, 3.8) is 0 Å². The van der Waals surface area contributed by atoms with Crippen LogP contribution in [0.4, 0.5) is 0 Å². The van der Waals surface area contributed by atoms with Crippen molar-refractivity contribution < 1.29 is 4.79 Å². The van der Waals surface area contributed by atoms with Crippen LogP contribution in [-0.2, 0) is 17.8 Å². The minimum absolute atomic E-state index is 0.261. The lowest BCUT2D eigenvalue weighted by Gasteiger charge is -2.34. The van der Waals surface area contributed by atoms with Crippen molar-refractivity contribution in [2.45, 2.75) is 71.3 Å². The summed E-state index contributed by atoms with van der Waals surface area (Å²) >= 11 is 0. The number of amides is 1. The van der Waals surface area contributed by atoms with Crippen molar-refractivity contribution in [2.75, 3.05) is 13.1 Å². The van der Waals surface area contributed by atoms with Crippen LogP contribution in [0.15, 0.2) is 12.4 Å². The maximum atomic E-state index is 12.8. The van der Waals surface area contributed by atoms with Crippen LogP contribution >= 0.6 is 0 Å². The molecule has 4 rings (SSSR count). The Balaban J connectivity index is 1.36. The summed E-state index contributed by atoms with van der Waals surface area (Å²) in [5, 5.41) is 7.25. The Bertz CT molecular complexity index is 769. The minimum Gasteiger partial charge on any atom is -0.342 e. The molecule has 1 aliphatic carbocycles. The molecule has 1 amide bonds. The van der Waals surface area contributed by atoms with E-state index < -0.39 is 0 Å². The highest BCUT2D eigenvalue weighted by atomic mass is 16.2. The molecule has 0 spiro atoms. The lowest BCUT2D eigenvalue weighted by atomic mass is 9.85. The number of aromatic nitrogens is 4. The van der Waals surface area contributed by atoms with E-state index in [0.717, 1.165) is 56.2 Å². The first kappa shape index (κ1) is 18.3. The van der Waals surface area contributed by atoms with Gasteiger partial charge in [-0.3, -0.25) is 9.89 Å². The molecule has 2 aromatic heterocycles. The molecule has 0 radical (unpaired) electrons. The summed E-state index contributed by atoms with van der Waals surface area (Å²) in [6.07, 6.45) is 11.6. The largest absolute Gasteiger partial charge is 0.342 e. The number of carbonyl (C=O) groups excluding carboxylic acids is 1. The normalized spacial score (nSPS) is 20.7. The van der Waals surface area contributed by atoms with Gasteiger partial charge in [-0.25, -0.2) is 4.98 Å². The average molecular weight is 370 g/mol. The molecule has 6 heteroatoms. The predicted molar refractivity (Wildman–Crippen MR) is 105 cm³/mol. The van der Waals surface area contributed by atoms with Crippen molar-refractivity contribution >= 4 is 5.91 Å². The molecular formula is C21H31N5O. The molecule has 1 saturated heterocycles. The predicted octanol–water partition coefficient (Wildman–Crippen LogP) is 3.36. The number of rotatable bonds is 6. The number of imidazole rings is 1. The minimum atomic E-state index is 0.261. The van der Waals surface area contributed by atoms with Gasteiger partial charge in [-0.05, 0) is 57.4 Å². The molecule has 1 unspecified atom stereocenters. The van der Waals surface area contributed by atoms with Gasteiger partial charge in [-0.2, -0.15) is 5.10 Å². The van der Waals surface area contributed by atoms with E-state index in [1.54, 1.807) is 0 Å². The zero-order chi connectivity index (χ0) is 18.8. The number of aryl methyl sites for hydroxylation is 2. The number of H-pyrrole nitrogens is 1. The second-order valence-corrected chi connectivity index (χ2v) is 8.33. The maximum absolute atomic E-state index is 12.8. The molecule has 1 atom stereocenters. The third kappa shape index (κ3) is 3.94. The highest BCUT2D eigenvalue weighted by Crippen LogP contribution is 2.31. The highest BCUT2D eigenvalue weighted by molar-refractivity contribution is 5.76. The Morgan fingerprint density at radius 1 is 1.26 bits per heavy atom. The van der Waals surface area contributed by atoms with E-state index in [1.165, 1.54) is 30.7 Å². The van der Waals surface area contributed by atoms with Crippen LogP contribution in [-0.4, -0.2) is 43.6 Å². The van der Waals surface area contributed by atoms with Crippen molar-refractivity contribution in [1.82, 2.24) is 24.6 Å². The van der Waals surface area contributed by atoms with Crippen LogP contribution in [0.3, 0.4) is 0 Å². The molecule has 1 N–H and O–H groups in total. The van der Waals surface area contributed by atoms with E-state index in [0.29, 0.717) is 12.3 Å². The topological polar surface area (TPSA) is 66.8 Å². The van der Waals surface area contributed by atoms with Crippen LogP contribution in [0, 0.1) is 19.8 Å². The number of carbonyl (C=O) groups is 1. The van der Waals surface area contributed by atoms with Crippen molar-refractivity contribution in [3.05, 3.63) is 35.2 Å². The molecule has 0 aromatic carbocycles. The second-order valence-electron chi connectivity index (χ2n) is 8.33. The third-order valence-corrected chi connectivity index (χ3v) is 6.44. The monoisotopic (exact) mass is 369 g/mol. The van der Waals surface area contributed by atoms with Gasteiger partial charge in [0.05, 0.1) is 5.69 Å². The molecule has 2 aliphatic rings. The van der Waals surface area contributed by atoms with Crippen molar-refractivity contribution in [1.29, 1.82) is 0 Å². The van der Waals surface area contributed by atoms with Gasteiger partial charge < -0.3 is 9.47 Å². The summed E-state index contributed by atoms with van der Waals surface area (Å²) in [6.45, 7) is 6.81. The van der Waals surface area contributed by atoms with E-state index in [2.05, 4.69) is 30.8 Å². The van der Waals surface area contributed by atoms with Gasteiger partial charge in [0, 0.05) is 50.1 Å². The average Bonchev–Trinajstić information content (AvgIpc) is 3.23. The van der Waals surface area contributed by atoms with Crippen LogP contribution in [0.25, 0.3) is 0 Å². The zero-order valence-corrected chi connectivity index (χ0v) is 16.6. The summed E-state index contributed by atoms with van der Waals surface area (Å²) in [6, 6.07) is 0. The zero-order valence-electron chi connectivity index (χ0n) is 16.6. The number of likely N-dealkylation sites (tertiary alicyclic amines) is 1. The first-order valence-electron chi connectivity index (χ1n) is 10.4. The Hall–Kier alpha value is -2.11. The van der Waals surface area contributed by atoms with Crippen LogP contribution in [0.2, 0.25) is 0 Å². The standard InChI is InChI=1S/C21H31N5O/c1-15-19(16(2)24-23-15)8-9-20(27)25-11-4-7-18(14-25)21-22-10-12-26(21)13-17-5-3-6-17/h10,12,17-18H,3-9,11,13-14H2,1-2H3,(H,23,24). The van der Waals surface area contributed by atoms with Gasteiger partial charge in [-0.15, -0.1) is 0 Å². The SMILES string of the molecule is Cc1n[nH]c(C)c1CCC(=O)N1CCCC(c2nccn2CC2CCC2)C1.